The minimum absolute atomic E-state index is 1.15. The van der Waals surface area contributed by atoms with E-state index in [1.54, 1.807) is 10.8 Å². The molecule has 104 valence electrons. The lowest BCUT2D eigenvalue weighted by molar-refractivity contribution is 1.18. The van der Waals surface area contributed by atoms with Crippen LogP contribution in [0.3, 0.4) is 0 Å². The van der Waals surface area contributed by atoms with E-state index in [-0.39, 0.29) is 0 Å². The summed E-state index contributed by atoms with van der Waals surface area (Å²) < 4.78 is 0. The first-order chi connectivity index (χ1) is 9.75. The van der Waals surface area contributed by atoms with Crippen molar-refractivity contribution in [3.8, 4) is 11.1 Å². The first-order valence-corrected chi connectivity index (χ1v) is 10.6. The average molecular weight is 280 g/mol. The van der Waals surface area contributed by atoms with Crippen molar-refractivity contribution in [1.29, 1.82) is 0 Å². The highest BCUT2D eigenvalue weighted by molar-refractivity contribution is 6.92. The van der Waals surface area contributed by atoms with E-state index < -0.39 is 8.07 Å². The molecule has 3 rings (SSSR count). The average Bonchev–Trinajstić information content (AvgIpc) is 2.89. The summed E-state index contributed by atoms with van der Waals surface area (Å²) >= 11 is 0. The molecule has 0 unspecified atom stereocenters. The Morgan fingerprint density at radius 2 is 1.45 bits per heavy atom. The number of hydrogen-bond acceptors (Lipinski definition) is 0. The molecule has 2 aromatic carbocycles. The molecule has 0 spiro atoms. The van der Waals surface area contributed by atoms with E-state index in [1.807, 2.05) is 0 Å². The standard InChI is InChI=1S/C19H24Si/c1-4-20(5-2,6-3)19-13-9-12-17-16-11-8-7-10-15(16)14-18(17)19/h7-13H,4-6,14H2,1-3H3. The summed E-state index contributed by atoms with van der Waals surface area (Å²) in [7, 11) is -1.29. The maximum Gasteiger partial charge on any atom is 0.0863 e. The predicted molar refractivity (Wildman–Crippen MR) is 91.5 cm³/mol. The second kappa shape index (κ2) is 5.21. The van der Waals surface area contributed by atoms with Gasteiger partial charge in [-0.25, -0.2) is 0 Å². The Hall–Kier alpha value is -1.34. The highest BCUT2D eigenvalue weighted by atomic mass is 28.3. The van der Waals surface area contributed by atoms with Crippen molar-refractivity contribution in [2.24, 2.45) is 0 Å². The maximum absolute atomic E-state index is 2.44. The summed E-state index contributed by atoms with van der Waals surface area (Å²) in [6, 6.07) is 20.1. The van der Waals surface area contributed by atoms with Gasteiger partial charge in [0.15, 0.2) is 0 Å². The van der Waals surface area contributed by atoms with Crippen LogP contribution in [0.2, 0.25) is 18.1 Å². The van der Waals surface area contributed by atoms with Gasteiger partial charge in [0.25, 0.3) is 0 Å². The zero-order chi connectivity index (χ0) is 14.2. The van der Waals surface area contributed by atoms with Gasteiger partial charge in [-0.1, -0.05) is 86.6 Å². The Labute approximate surface area is 123 Å². The monoisotopic (exact) mass is 280 g/mol. The summed E-state index contributed by atoms with van der Waals surface area (Å²) in [6.07, 6.45) is 1.15. The molecule has 0 saturated heterocycles. The summed E-state index contributed by atoms with van der Waals surface area (Å²) in [4.78, 5) is 0. The molecule has 1 heteroatoms. The van der Waals surface area contributed by atoms with Gasteiger partial charge >= 0.3 is 0 Å². The van der Waals surface area contributed by atoms with Gasteiger partial charge in [0.05, 0.1) is 8.07 Å². The van der Waals surface area contributed by atoms with Gasteiger partial charge in [0, 0.05) is 0 Å². The van der Waals surface area contributed by atoms with Gasteiger partial charge < -0.3 is 0 Å². The third-order valence-corrected chi connectivity index (χ3v) is 11.1. The molecule has 2 aromatic rings. The predicted octanol–water partition coefficient (Wildman–Crippen LogP) is 4.97. The Kier molecular flexibility index (Phi) is 3.55. The molecule has 0 saturated carbocycles. The van der Waals surface area contributed by atoms with Gasteiger partial charge in [-0.2, -0.15) is 0 Å². The lowest BCUT2D eigenvalue weighted by atomic mass is 10.1. The van der Waals surface area contributed by atoms with E-state index in [2.05, 4.69) is 63.2 Å². The molecule has 0 nitrogen and oxygen atoms in total. The summed E-state index contributed by atoms with van der Waals surface area (Å²) in [6.45, 7) is 7.21. The van der Waals surface area contributed by atoms with Crippen molar-refractivity contribution in [1.82, 2.24) is 0 Å². The van der Waals surface area contributed by atoms with Crippen molar-refractivity contribution >= 4 is 13.3 Å². The second-order valence-corrected chi connectivity index (χ2v) is 11.2. The number of rotatable bonds is 4. The molecule has 0 amide bonds. The van der Waals surface area contributed by atoms with Crippen LogP contribution in [0.4, 0.5) is 0 Å². The summed E-state index contributed by atoms with van der Waals surface area (Å²) in [5.74, 6) is 0. The van der Waals surface area contributed by atoms with E-state index in [0.29, 0.717) is 0 Å². The number of fused-ring (bicyclic) bond motifs is 3. The fourth-order valence-corrected chi connectivity index (χ4v) is 7.93. The van der Waals surface area contributed by atoms with Crippen LogP contribution in [0.25, 0.3) is 11.1 Å². The third-order valence-electron chi connectivity index (χ3n) is 5.45. The molecular formula is C19H24Si. The van der Waals surface area contributed by atoms with Crippen molar-refractivity contribution in [2.75, 3.05) is 0 Å². The SMILES string of the molecule is CC[Si](CC)(CC)c1cccc2c1Cc1ccccc1-2. The third kappa shape index (κ3) is 1.88. The maximum atomic E-state index is 2.44. The molecule has 0 aromatic heterocycles. The van der Waals surface area contributed by atoms with Crippen molar-refractivity contribution in [3.63, 3.8) is 0 Å². The molecule has 0 N–H and O–H groups in total. The number of benzene rings is 2. The minimum Gasteiger partial charge on any atom is -0.0675 e. The highest BCUT2D eigenvalue weighted by Gasteiger charge is 2.33. The van der Waals surface area contributed by atoms with Crippen LogP contribution < -0.4 is 5.19 Å². The number of hydrogen-bond donors (Lipinski definition) is 0. The van der Waals surface area contributed by atoms with Crippen LogP contribution in [-0.4, -0.2) is 8.07 Å². The minimum atomic E-state index is -1.29. The normalized spacial score (nSPS) is 13.2. The molecule has 20 heavy (non-hydrogen) atoms. The lowest BCUT2D eigenvalue weighted by Gasteiger charge is -2.31. The van der Waals surface area contributed by atoms with Crippen LogP contribution in [0, 0.1) is 0 Å². The van der Waals surface area contributed by atoms with Gasteiger partial charge in [0.2, 0.25) is 0 Å². The van der Waals surface area contributed by atoms with Gasteiger partial charge in [-0.15, -0.1) is 0 Å². The van der Waals surface area contributed by atoms with Gasteiger partial charge in [0.1, 0.15) is 0 Å². The van der Waals surface area contributed by atoms with E-state index in [4.69, 9.17) is 0 Å². The fraction of sp³-hybridized carbons (Fsp3) is 0.368. The Balaban J connectivity index is 2.19. The topological polar surface area (TPSA) is 0 Å². The molecule has 0 heterocycles. The molecule has 1 aliphatic rings. The summed E-state index contributed by atoms with van der Waals surface area (Å²) in [5.41, 5.74) is 6.13. The first-order valence-electron chi connectivity index (χ1n) is 7.96. The zero-order valence-electron chi connectivity index (χ0n) is 12.9. The lowest BCUT2D eigenvalue weighted by Crippen LogP contribution is -2.47. The Bertz CT molecular complexity index is 615. The molecule has 0 radical (unpaired) electrons. The largest absolute Gasteiger partial charge is 0.0863 e. The van der Waals surface area contributed by atoms with Crippen LogP contribution in [-0.2, 0) is 6.42 Å². The molecule has 0 fully saturated rings. The van der Waals surface area contributed by atoms with Crippen LogP contribution in [0.15, 0.2) is 42.5 Å². The first kappa shape index (κ1) is 13.6. The Morgan fingerprint density at radius 1 is 0.800 bits per heavy atom. The fourth-order valence-electron chi connectivity index (χ4n) is 3.98. The Morgan fingerprint density at radius 3 is 2.15 bits per heavy atom. The highest BCUT2D eigenvalue weighted by Crippen LogP contribution is 2.37. The smallest absolute Gasteiger partial charge is 0.0675 e. The molecule has 0 bridgehead atoms. The quantitative estimate of drug-likeness (QED) is 0.592. The second-order valence-electron chi connectivity index (χ2n) is 6.01. The van der Waals surface area contributed by atoms with E-state index in [1.165, 1.54) is 34.8 Å². The molecule has 0 aliphatic heterocycles. The molecular weight excluding hydrogens is 256 g/mol. The van der Waals surface area contributed by atoms with Crippen LogP contribution >= 0.6 is 0 Å². The van der Waals surface area contributed by atoms with E-state index in [0.717, 1.165) is 6.42 Å². The van der Waals surface area contributed by atoms with Gasteiger partial charge in [-0.05, 0) is 28.7 Å². The summed E-state index contributed by atoms with van der Waals surface area (Å²) in [5, 5.41) is 1.73. The van der Waals surface area contributed by atoms with Crippen molar-refractivity contribution < 1.29 is 0 Å². The van der Waals surface area contributed by atoms with E-state index >= 15 is 0 Å². The van der Waals surface area contributed by atoms with Crippen molar-refractivity contribution in [2.45, 2.75) is 45.3 Å². The van der Waals surface area contributed by atoms with Gasteiger partial charge in [-0.3, -0.25) is 0 Å². The molecule has 1 aliphatic carbocycles. The van der Waals surface area contributed by atoms with E-state index in [9.17, 15) is 0 Å². The molecule has 0 atom stereocenters. The van der Waals surface area contributed by atoms with Crippen LogP contribution in [0.1, 0.15) is 31.9 Å². The van der Waals surface area contributed by atoms with Crippen molar-refractivity contribution in [3.05, 3.63) is 53.6 Å². The van der Waals surface area contributed by atoms with Crippen LogP contribution in [0.5, 0.6) is 0 Å². The zero-order valence-corrected chi connectivity index (χ0v) is 13.9.